The normalized spacial score (nSPS) is 23.4. The van der Waals surface area contributed by atoms with Crippen molar-refractivity contribution < 1.29 is 4.74 Å². The van der Waals surface area contributed by atoms with Crippen LogP contribution in [0.3, 0.4) is 0 Å². The molecule has 3 aliphatic rings. The van der Waals surface area contributed by atoms with Crippen molar-refractivity contribution in [2.45, 2.75) is 38.5 Å². The molecule has 4 nitrogen and oxygen atoms in total. The van der Waals surface area contributed by atoms with Crippen molar-refractivity contribution in [2.75, 3.05) is 32.8 Å². The summed E-state index contributed by atoms with van der Waals surface area (Å²) in [7, 11) is 0. The zero-order valence-electron chi connectivity index (χ0n) is 16.2. The summed E-state index contributed by atoms with van der Waals surface area (Å²) in [5.74, 6) is 0.803. The molecule has 4 heteroatoms. The zero-order chi connectivity index (χ0) is 18.3. The summed E-state index contributed by atoms with van der Waals surface area (Å²) in [6.07, 6.45) is 5.75. The first-order valence-electron chi connectivity index (χ1n) is 10.3. The molecular weight excluding hydrogens is 334 g/mol. The van der Waals surface area contributed by atoms with Gasteiger partial charge in [-0.3, -0.25) is 14.8 Å². The molecule has 2 aromatic rings. The highest BCUT2D eigenvalue weighted by molar-refractivity contribution is 5.13. The van der Waals surface area contributed by atoms with Gasteiger partial charge in [-0.05, 0) is 42.9 Å². The SMILES string of the molecule is c1ccc(COCCCN2C[C@@H]3CC[C@H]2CN(Cc2ccccn2)C3)cc1. The third-order valence-corrected chi connectivity index (χ3v) is 5.86. The summed E-state index contributed by atoms with van der Waals surface area (Å²) in [5.41, 5.74) is 2.45. The van der Waals surface area contributed by atoms with Crippen LogP contribution < -0.4 is 0 Å². The highest BCUT2D eigenvalue weighted by atomic mass is 16.5. The van der Waals surface area contributed by atoms with Crippen LogP contribution in [-0.4, -0.2) is 53.6 Å². The lowest BCUT2D eigenvalue weighted by atomic mass is 9.95. The van der Waals surface area contributed by atoms with Gasteiger partial charge < -0.3 is 4.74 Å². The van der Waals surface area contributed by atoms with Gasteiger partial charge in [-0.2, -0.15) is 0 Å². The summed E-state index contributed by atoms with van der Waals surface area (Å²) in [6.45, 7) is 7.37. The second kappa shape index (κ2) is 9.45. The molecule has 5 rings (SSSR count). The van der Waals surface area contributed by atoms with Gasteiger partial charge in [-0.1, -0.05) is 36.4 Å². The predicted molar refractivity (Wildman–Crippen MR) is 108 cm³/mol. The summed E-state index contributed by atoms with van der Waals surface area (Å²) in [4.78, 5) is 9.86. The van der Waals surface area contributed by atoms with Crippen LogP contribution in [0.5, 0.6) is 0 Å². The number of hydrogen-bond donors (Lipinski definition) is 0. The third kappa shape index (κ3) is 5.38. The van der Waals surface area contributed by atoms with E-state index in [9.17, 15) is 0 Å². The fourth-order valence-corrected chi connectivity index (χ4v) is 4.53. The first kappa shape index (κ1) is 18.6. The summed E-state index contributed by atoms with van der Waals surface area (Å²) >= 11 is 0. The molecule has 2 atom stereocenters. The maximum absolute atomic E-state index is 5.88. The average molecular weight is 366 g/mol. The van der Waals surface area contributed by atoms with E-state index in [-0.39, 0.29) is 0 Å². The average Bonchev–Trinajstić information content (AvgIpc) is 3.00. The standard InChI is InChI=1S/C23H31N3O/c1-2-7-20(8-3-1)19-27-14-6-13-26-16-21-10-11-23(26)18-25(15-21)17-22-9-4-5-12-24-22/h1-5,7-9,12,21,23H,6,10-11,13-19H2/t21-,23+/m1/s1. The molecule has 27 heavy (non-hydrogen) atoms. The van der Waals surface area contributed by atoms with Crippen LogP contribution in [0.25, 0.3) is 0 Å². The lowest BCUT2D eigenvalue weighted by Gasteiger charge is -2.36. The van der Waals surface area contributed by atoms with Gasteiger partial charge in [-0.25, -0.2) is 0 Å². The van der Waals surface area contributed by atoms with Crippen molar-refractivity contribution >= 4 is 0 Å². The fraction of sp³-hybridized carbons (Fsp3) is 0.522. The van der Waals surface area contributed by atoms with E-state index in [4.69, 9.17) is 4.74 Å². The topological polar surface area (TPSA) is 28.6 Å². The zero-order valence-corrected chi connectivity index (χ0v) is 16.2. The lowest BCUT2D eigenvalue weighted by molar-refractivity contribution is 0.0855. The molecular formula is C23H31N3O. The minimum atomic E-state index is 0.696. The summed E-state index contributed by atoms with van der Waals surface area (Å²) in [5, 5.41) is 0. The number of piperidine rings is 1. The van der Waals surface area contributed by atoms with Crippen LogP contribution in [0.1, 0.15) is 30.5 Å². The second-order valence-corrected chi connectivity index (χ2v) is 8.00. The van der Waals surface area contributed by atoms with Gasteiger partial charge in [0.25, 0.3) is 0 Å². The molecule has 2 bridgehead atoms. The molecule has 0 unspecified atom stereocenters. The van der Waals surface area contributed by atoms with Crippen LogP contribution in [0.4, 0.5) is 0 Å². The Kier molecular flexibility index (Phi) is 6.51. The summed E-state index contributed by atoms with van der Waals surface area (Å²) in [6, 6.07) is 17.4. The predicted octanol–water partition coefficient (Wildman–Crippen LogP) is 3.58. The number of pyridine rings is 1. The monoisotopic (exact) mass is 365 g/mol. The molecule has 0 radical (unpaired) electrons. The minimum absolute atomic E-state index is 0.696. The number of hydrogen-bond acceptors (Lipinski definition) is 4. The van der Waals surface area contributed by atoms with E-state index in [0.717, 1.165) is 38.6 Å². The molecule has 1 aromatic carbocycles. The van der Waals surface area contributed by atoms with Crippen molar-refractivity contribution in [3.8, 4) is 0 Å². The molecule has 4 heterocycles. The van der Waals surface area contributed by atoms with Gasteiger partial charge in [0.15, 0.2) is 0 Å². The van der Waals surface area contributed by atoms with Crippen molar-refractivity contribution in [2.24, 2.45) is 5.92 Å². The van der Waals surface area contributed by atoms with Crippen LogP contribution in [-0.2, 0) is 17.9 Å². The molecule has 0 amide bonds. The molecule has 0 saturated carbocycles. The quantitative estimate of drug-likeness (QED) is 0.669. The maximum atomic E-state index is 5.88. The molecule has 0 aliphatic carbocycles. The van der Waals surface area contributed by atoms with Crippen LogP contribution in [0, 0.1) is 5.92 Å². The van der Waals surface area contributed by atoms with Gasteiger partial charge in [0.2, 0.25) is 0 Å². The third-order valence-electron chi connectivity index (χ3n) is 5.86. The molecule has 144 valence electrons. The van der Waals surface area contributed by atoms with E-state index in [1.54, 1.807) is 0 Å². The Morgan fingerprint density at radius 2 is 1.85 bits per heavy atom. The van der Waals surface area contributed by atoms with Gasteiger partial charge in [0.05, 0.1) is 12.3 Å². The Morgan fingerprint density at radius 1 is 0.963 bits per heavy atom. The molecule has 3 aliphatic heterocycles. The van der Waals surface area contributed by atoms with Gasteiger partial charge >= 0.3 is 0 Å². The number of benzene rings is 1. The van der Waals surface area contributed by atoms with E-state index in [2.05, 4.69) is 57.2 Å². The maximum Gasteiger partial charge on any atom is 0.0716 e. The fourth-order valence-electron chi connectivity index (χ4n) is 4.53. The van der Waals surface area contributed by atoms with E-state index < -0.39 is 0 Å². The van der Waals surface area contributed by atoms with Crippen LogP contribution in [0.2, 0.25) is 0 Å². The van der Waals surface area contributed by atoms with Crippen LogP contribution in [0.15, 0.2) is 54.7 Å². The Labute approximate surface area is 163 Å². The van der Waals surface area contributed by atoms with Crippen LogP contribution >= 0.6 is 0 Å². The molecule has 1 aromatic heterocycles. The highest BCUT2D eigenvalue weighted by Crippen LogP contribution is 2.28. The molecule has 0 spiro atoms. The number of fused-ring (bicyclic) bond motifs is 4. The molecule has 0 N–H and O–H groups in total. The molecule has 3 fully saturated rings. The number of rotatable bonds is 8. The Bertz CT molecular complexity index is 679. The number of ether oxygens (including phenoxy) is 1. The van der Waals surface area contributed by atoms with Crippen molar-refractivity contribution in [1.82, 2.24) is 14.8 Å². The summed E-state index contributed by atoms with van der Waals surface area (Å²) < 4.78 is 5.88. The first-order valence-corrected chi connectivity index (χ1v) is 10.3. The second-order valence-electron chi connectivity index (χ2n) is 8.00. The van der Waals surface area contributed by atoms with Crippen molar-refractivity contribution in [3.63, 3.8) is 0 Å². The highest BCUT2D eigenvalue weighted by Gasteiger charge is 2.34. The largest absolute Gasteiger partial charge is 0.377 e. The Morgan fingerprint density at radius 3 is 2.70 bits per heavy atom. The number of nitrogens with zero attached hydrogens (tertiary/aromatic N) is 3. The van der Waals surface area contributed by atoms with Crippen molar-refractivity contribution in [1.29, 1.82) is 0 Å². The van der Waals surface area contributed by atoms with Gasteiger partial charge in [-0.15, -0.1) is 0 Å². The lowest BCUT2D eigenvalue weighted by Crippen LogP contribution is -2.44. The van der Waals surface area contributed by atoms with Crippen molar-refractivity contribution in [3.05, 3.63) is 66.0 Å². The Hall–Kier alpha value is -1.75. The Balaban J connectivity index is 1.22. The van der Waals surface area contributed by atoms with E-state index in [1.165, 1.54) is 43.7 Å². The minimum Gasteiger partial charge on any atom is -0.377 e. The first-order chi connectivity index (χ1) is 13.4. The number of aromatic nitrogens is 1. The molecule has 3 saturated heterocycles. The van der Waals surface area contributed by atoms with Gasteiger partial charge in [0, 0.05) is 51.6 Å². The van der Waals surface area contributed by atoms with E-state index in [1.807, 2.05) is 12.3 Å². The smallest absolute Gasteiger partial charge is 0.0716 e. The van der Waals surface area contributed by atoms with E-state index >= 15 is 0 Å². The van der Waals surface area contributed by atoms with E-state index in [0.29, 0.717) is 6.04 Å². The van der Waals surface area contributed by atoms with Gasteiger partial charge in [0.1, 0.15) is 0 Å².